The Morgan fingerprint density at radius 3 is 2.00 bits per heavy atom. The van der Waals surface area contributed by atoms with Crippen LogP contribution in [0, 0.1) is 23.7 Å². The second-order valence-electron chi connectivity index (χ2n) is 7.88. The van der Waals surface area contributed by atoms with E-state index >= 15 is 0 Å². The van der Waals surface area contributed by atoms with Crippen LogP contribution >= 0.6 is 0 Å². The summed E-state index contributed by atoms with van der Waals surface area (Å²) in [5, 5.41) is 0. The highest BCUT2D eigenvalue weighted by Crippen LogP contribution is 2.43. The van der Waals surface area contributed by atoms with Crippen LogP contribution in [-0.2, 0) is 0 Å². The van der Waals surface area contributed by atoms with Crippen LogP contribution in [0.2, 0.25) is 0 Å². The standard InChI is InChI=1S/C22H38/c1-4-7-8-9-18-10-12-21(13-11-18)22-16-14-20(15-17-22)19(5-2)6-3/h5-6,18,20-22H,2,4,7-17H2,1,3H3/b19-6+. The molecule has 0 unspecified atom stereocenters. The van der Waals surface area contributed by atoms with Gasteiger partial charge in [0.2, 0.25) is 0 Å². The van der Waals surface area contributed by atoms with Gasteiger partial charge in [-0.15, -0.1) is 0 Å². The van der Waals surface area contributed by atoms with Gasteiger partial charge in [-0.25, -0.2) is 0 Å². The number of hydrogen-bond donors (Lipinski definition) is 0. The zero-order chi connectivity index (χ0) is 15.8. The lowest BCUT2D eigenvalue weighted by Crippen LogP contribution is -2.26. The minimum atomic E-state index is 0.809. The molecule has 0 atom stereocenters. The molecule has 0 heterocycles. The van der Waals surface area contributed by atoms with Crippen molar-refractivity contribution in [3.63, 3.8) is 0 Å². The van der Waals surface area contributed by atoms with E-state index in [0.717, 1.165) is 23.7 Å². The molecular formula is C22H38. The quantitative estimate of drug-likeness (QED) is 0.341. The highest BCUT2D eigenvalue weighted by Gasteiger charge is 2.31. The second kappa shape index (κ2) is 9.58. The van der Waals surface area contributed by atoms with Crippen molar-refractivity contribution in [1.82, 2.24) is 0 Å². The summed E-state index contributed by atoms with van der Waals surface area (Å²) in [4.78, 5) is 0. The lowest BCUT2D eigenvalue weighted by molar-refractivity contribution is 0.150. The number of rotatable bonds is 7. The van der Waals surface area contributed by atoms with Crippen LogP contribution in [-0.4, -0.2) is 0 Å². The molecule has 2 fully saturated rings. The molecule has 0 aromatic rings. The van der Waals surface area contributed by atoms with E-state index in [4.69, 9.17) is 0 Å². The summed E-state index contributed by atoms with van der Waals surface area (Å²) in [7, 11) is 0. The van der Waals surface area contributed by atoms with Gasteiger partial charge < -0.3 is 0 Å². The van der Waals surface area contributed by atoms with E-state index in [2.05, 4.69) is 32.6 Å². The Morgan fingerprint density at radius 2 is 1.50 bits per heavy atom. The van der Waals surface area contributed by atoms with Crippen LogP contribution in [0.1, 0.15) is 90.9 Å². The monoisotopic (exact) mass is 302 g/mol. The molecule has 0 amide bonds. The Morgan fingerprint density at radius 1 is 0.909 bits per heavy atom. The Hall–Kier alpha value is -0.520. The maximum atomic E-state index is 3.99. The first-order valence-electron chi connectivity index (χ1n) is 10.1. The summed E-state index contributed by atoms with van der Waals surface area (Å²) < 4.78 is 0. The fourth-order valence-corrected chi connectivity index (χ4v) is 5.08. The molecule has 22 heavy (non-hydrogen) atoms. The largest absolute Gasteiger partial charge is 0.0988 e. The van der Waals surface area contributed by atoms with Gasteiger partial charge in [0.1, 0.15) is 0 Å². The molecule has 0 aromatic heterocycles. The van der Waals surface area contributed by atoms with E-state index in [1.165, 1.54) is 82.6 Å². The highest BCUT2D eigenvalue weighted by atomic mass is 14.4. The molecule has 0 radical (unpaired) electrons. The van der Waals surface area contributed by atoms with E-state index < -0.39 is 0 Å². The van der Waals surface area contributed by atoms with Crippen LogP contribution in [0.25, 0.3) is 0 Å². The molecule has 2 saturated carbocycles. The third kappa shape index (κ3) is 5.00. The van der Waals surface area contributed by atoms with Crippen LogP contribution in [0.15, 0.2) is 24.3 Å². The van der Waals surface area contributed by atoms with Gasteiger partial charge in [0, 0.05) is 0 Å². The van der Waals surface area contributed by atoms with E-state index in [1.54, 1.807) is 0 Å². The molecule has 0 aliphatic heterocycles. The van der Waals surface area contributed by atoms with E-state index in [0.29, 0.717) is 0 Å². The maximum Gasteiger partial charge on any atom is -0.0165 e. The van der Waals surface area contributed by atoms with E-state index in [1.807, 2.05) is 0 Å². The SMILES string of the molecule is C=C/C(=C\C)C1CCC(C2CCC(CCCCC)CC2)CC1. The van der Waals surface area contributed by atoms with Gasteiger partial charge in [0.05, 0.1) is 0 Å². The molecule has 2 aliphatic rings. The van der Waals surface area contributed by atoms with Crippen molar-refractivity contribution in [3.05, 3.63) is 24.3 Å². The van der Waals surface area contributed by atoms with Crippen molar-refractivity contribution in [2.75, 3.05) is 0 Å². The van der Waals surface area contributed by atoms with Crippen molar-refractivity contribution in [3.8, 4) is 0 Å². The van der Waals surface area contributed by atoms with Crippen molar-refractivity contribution >= 4 is 0 Å². The summed E-state index contributed by atoms with van der Waals surface area (Å²) in [5.41, 5.74) is 1.50. The first-order chi connectivity index (χ1) is 10.8. The molecule has 0 N–H and O–H groups in total. The first-order valence-corrected chi connectivity index (χ1v) is 10.1. The highest BCUT2D eigenvalue weighted by molar-refractivity contribution is 5.19. The minimum Gasteiger partial charge on any atom is -0.0988 e. The predicted octanol–water partition coefficient (Wildman–Crippen LogP) is 7.31. The number of allylic oxidation sites excluding steroid dienone is 3. The molecular weight excluding hydrogens is 264 g/mol. The normalized spacial score (nSPS) is 33.6. The molecule has 0 spiro atoms. The van der Waals surface area contributed by atoms with Crippen LogP contribution in [0.4, 0.5) is 0 Å². The van der Waals surface area contributed by atoms with Crippen molar-refractivity contribution in [2.45, 2.75) is 90.9 Å². The Kier molecular flexibility index (Phi) is 7.76. The summed E-state index contributed by atoms with van der Waals surface area (Å²) in [6.45, 7) is 8.47. The average molecular weight is 303 g/mol. The molecule has 0 heteroatoms. The lowest BCUT2D eigenvalue weighted by atomic mass is 9.68. The molecule has 0 nitrogen and oxygen atoms in total. The maximum absolute atomic E-state index is 3.99. The van der Waals surface area contributed by atoms with Crippen LogP contribution < -0.4 is 0 Å². The van der Waals surface area contributed by atoms with Gasteiger partial charge in [-0.1, -0.05) is 64.2 Å². The number of hydrogen-bond acceptors (Lipinski definition) is 0. The van der Waals surface area contributed by atoms with Crippen LogP contribution in [0.3, 0.4) is 0 Å². The Bertz CT molecular complexity index is 335. The third-order valence-electron chi connectivity index (χ3n) is 6.59. The first kappa shape index (κ1) is 17.8. The molecule has 126 valence electrons. The van der Waals surface area contributed by atoms with Crippen molar-refractivity contribution in [2.24, 2.45) is 23.7 Å². The molecule has 0 aromatic carbocycles. The predicted molar refractivity (Wildman–Crippen MR) is 99.0 cm³/mol. The van der Waals surface area contributed by atoms with Crippen LogP contribution in [0.5, 0.6) is 0 Å². The van der Waals surface area contributed by atoms with Gasteiger partial charge in [-0.05, 0) is 74.7 Å². The topological polar surface area (TPSA) is 0 Å². The third-order valence-corrected chi connectivity index (χ3v) is 6.59. The molecule has 0 bridgehead atoms. The van der Waals surface area contributed by atoms with Crippen molar-refractivity contribution in [1.29, 1.82) is 0 Å². The minimum absolute atomic E-state index is 0.809. The Balaban J connectivity index is 1.69. The molecule has 2 aliphatic carbocycles. The lowest BCUT2D eigenvalue weighted by Gasteiger charge is -2.38. The fourth-order valence-electron chi connectivity index (χ4n) is 5.08. The summed E-state index contributed by atoms with van der Waals surface area (Å²) in [6, 6.07) is 0. The average Bonchev–Trinajstić information content (AvgIpc) is 2.58. The van der Waals surface area contributed by atoms with Gasteiger partial charge in [0.25, 0.3) is 0 Å². The molecule has 0 saturated heterocycles. The van der Waals surface area contributed by atoms with E-state index in [9.17, 15) is 0 Å². The smallest absolute Gasteiger partial charge is 0.0165 e. The Labute approximate surface area is 139 Å². The van der Waals surface area contributed by atoms with Crippen molar-refractivity contribution < 1.29 is 0 Å². The van der Waals surface area contributed by atoms with Gasteiger partial charge in [-0.3, -0.25) is 0 Å². The summed E-state index contributed by atoms with van der Waals surface area (Å²) >= 11 is 0. The van der Waals surface area contributed by atoms with Gasteiger partial charge >= 0.3 is 0 Å². The van der Waals surface area contributed by atoms with Gasteiger partial charge in [-0.2, -0.15) is 0 Å². The van der Waals surface area contributed by atoms with Gasteiger partial charge in [0.15, 0.2) is 0 Å². The second-order valence-corrected chi connectivity index (χ2v) is 7.88. The summed E-state index contributed by atoms with van der Waals surface area (Å²) in [6.07, 6.45) is 22.1. The summed E-state index contributed by atoms with van der Waals surface area (Å²) in [5.74, 6) is 3.97. The van der Waals surface area contributed by atoms with E-state index in [-0.39, 0.29) is 0 Å². The zero-order valence-corrected chi connectivity index (χ0v) is 15.2. The fraction of sp³-hybridized carbons (Fsp3) is 0.818. The molecule has 2 rings (SSSR count). The number of unbranched alkanes of at least 4 members (excludes halogenated alkanes) is 2. The zero-order valence-electron chi connectivity index (χ0n) is 15.2.